The third-order valence-electron chi connectivity index (χ3n) is 3.70. The van der Waals surface area contributed by atoms with E-state index in [2.05, 4.69) is 92.5 Å². The molecule has 0 aromatic heterocycles. The van der Waals surface area contributed by atoms with Gasteiger partial charge in [-0.3, -0.25) is 0 Å². The largest absolute Gasteiger partial charge is 0.457 e. The molecular formula is C24H19Br2OP. The predicted octanol–water partition coefficient (Wildman–Crippen LogP) is 7.32. The quantitative estimate of drug-likeness (QED) is 0.260. The summed E-state index contributed by atoms with van der Waals surface area (Å²) in [4.78, 5) is 0. The Hall–Kier alpha value is -1.93. The van der Waals surface area contributed by atoms with Gasteiger partial charge in [-0.25, -0.2) is 0 Å². The van der Waals surface area contributed by atoms with Gasteiger partial charge < -0.3 is 4.74 Å². The molecule has 28 heavy (non-hydrogen) atoms. The van der Waals surface area contributed by atoms with Gasteiger partial charge in [0.05, 0.1) is 0 Å². The van der Waals surface area contributed by atoms with Crippen molar-refractivity contribution in [3.05, 3.63) is 118 Å². The van der Waals surface area contributed by atoms with Crippen molar-refractivity contribution in [1.82, 2.24) is 0 Å². The molecule has 0 bridgehead atoms. The number of rotatable bonds is 4. The van der Waals surface area contributed by atoms with Gasteiger partial charge in [-0.15, -0.1) is 0 Å². The summed E-state index contributed by atoms with van der Waals surface area (Å²) in [6.07, 6.45) is 0. The fraction of sp³-hybridized carbons (Fsp3) is 0. The average molecular weight is 514 g/mol. The molecule has 140 valence electrons. The van der Waals surface area contributed by atoms with Gasteiger partial charge >= 0.3 is 0 Å². The van der Waals surface area contributed by atoms with Crippen LogP contribution in [0.15, 0.2) is 118 Å². The summed E-state index contributed by atoms with van der Waals surface area (Å²) in [5, 5.41) is 2.79. The third-order valence-corrected chi connectivity index (χ3v) is 6.00. The van der Waals surface area contributed by atoms with Crippen molar-refractivity contribution >= 4 is 51.0 Å². The highest BCUT2D eigenvalue weighted by molar-refractivity contribution is 9.10. The van der Waals surface area contributed by atoms with Crippen molar-refractivity contribution in [1.29, 1.82) is 0 Å². The molecule has 0 atom stereocenters. The molecule has 0 unspecified atom stereocenters. The second-order valence-electron chi connectivity index (χ2n) is 5.87. The molecule has 0 aliphatic heterocycles. The fourth-order valence-corrected chi connectivity index (χ4v) is 3.93. The van der Waals surface area contributed by atoms with Crippen LogP contribution in [-0.2, 0) is 0 Å². The van der Waals surface area contributed by atoms with Gasteiger partial charge in [0.25, 0.3) is 0 Å². The zero-order chi connectivity index (χ0) is 19.6. The van der Waals surface area contributed by atoms with Crippen molar-refractivity contribution in [2.24, 2.45) is 0 Å². The number of halogens is 2. The van der Waals surface area contributed by atoms with Crippen molar-refractivity contribution in [3.8, 4) is 11.5 Å². The van der Waals surface area contributed by atoms with Crippen molar-refractivity contribution in [3.63, 3.8) is 0 Å². The van der Waals surface area contributed by atoms with E-state index < -0.39 is 0 Å². The van der Waals surface area contributed by atoms with Crippen LogP contribution in [0.1, 0.15) is 0 Å². The Morgan fingerprint density at radius 2 is 0.821 bits per heavy atom. The number of hydrogen-bond acceptors (Lipinski definition) is 1. The molecule has 0 spiro atoms. The number of ether oxygens (including phenoxy) is 1. The summed E-state index contributed by atoms with van der Waals surface area (Å²) in [5.41, 5.74) is 0. The van der Waals surface area contributed by atoms with Crippen LogP contribution in [-0.4, -0.2) is 0 Å². The molecule has 1 nitrogen and oxygen atoms in total. The third kappa shape index (κ3) is 7.24. The highest BCUT2D eigenvalue weighted by atomic mass is 79.9. The highest BCUT2D eigenvalue weighted by Crippen LogP contribution is 2.24. The van der Waals surface area contributed by atoms with E-state index in [9.17, 15) is 0 Å². The maximum Gasteiger partial charge on any atom is 0.127 e. The minimum absolute atomic E-state index is 0.777. The Labute approximate surface area is 184 Å². The first kappa shape index (κ1) is 20.8. The molecule has 0 heterocycles. The maximum absolute atomic E-state index is 5.65. The molecule has 0 radical (unpaired) electrons. The second kappa shape index (κ2) is 11.2. The zero-order valence-corrected chi connectivity index (χ0v) is 19.2. The Kier molecular flexibility index (Phi) is 8.29. The summed E-state index contributed by atoms with van der Waals surface area (Å²) >= 11 is 6.76. The maximum atomic E-state index is 5.65. The summed E-state index contributed by atoms with van der Waals surface area (Å²) < 4.78 is 7.74. The Morgan fingerprint density at radius 1 is 0.464 bits per heavy atom. The van der Waals surface area contributed by atoms with Crippen LogP contribution in [0.4, 0.5) is 0 Å². The summed E-state index contributed by atoms with van der Waals surface area (Å²) in [6.45, 7) is 0. The minimum Gasteiger partial charge on any atom is -0.457 e. The van der Waals surface area contributed by atoms with Gasteiger partial charge in [0.1, 0.15) is 11.5 Å². The zero-order valence-electron chi connectivity index (χ0n) is 15.1. The molecule has 4 rings (SSSR count). The molecular weight excluding hydrogens is 495 g/mol. The monoisotopic (exact) mass is 512 g/mol. The molecule has 0 saturated heterocycles. The fourth-order valence-electron chi connectivity index (χ4n) is 2.35. The van der Waals surface area contributed by atoms with Crippen LogP contribution in [0.25, 0.3) is 0 Å². The van der Waals surface area contributed by atoms with E-state index in [1.807, 2.05) is 48.5 Å². The smallest absolute Gasteiger partial charge is 0.127 e. The lowest BCUT2D eigenvalue weighted by Gasteiger charge is -2.05. The highest BCUT2D eigenvalue weighted by Gasteiger charge is 1.96. The lowest BCUT2D eigenvalue weighted by Crippen LogP contribution is -2.01. The predicted molar refractivity (Wildman–Crippen MR) is 129 cm³/mol. The Morgan fingerprint density at radius 3 is 1.18 bits per heavy atom. The summed E-state index contributed by atoms with van der Waals surface area (Å²) in [6, 6.07) is 36.7. The number of benzene rings is 4. The van der Waals surface area contributed by atoms with E-state index in [1.165, 1.54) is 10.6 Å². The second-order valence-corrected chi connectivity index (χ2v) is 9.10. The van der Waals surface area contributed by atoms with Crippen LogP contribution >= 0.6 is 40.4 Å². The number of hydrogen-bond donors (Lipinski definition) is 0. The summed E-state index contributed by atoms with van der Waals surface area (Å²) in [7, 11) is 0.777. The summed E-state index contributed by atoms with van der Waals surface area (Å²) in [5.74, 6) is 1.67. The Bertz CT molecular complexity index is 876. The minimum atomic E-state index is 0.777. The van der Waals surface area contributed by atoms with Crippen LogP contribution < -0.4 is 15.3 Å². The SMILES string of the molecule is Brc1ccc(Oc2ccc(Br)cc2)cc1.c1ccc(Pc2ccccc2)cc1. The van der Waals surface area contributed by atoms with Crippen LogP contribution in [0.5, 0.6) is 11.5 Å². The van der Waals surface area contributed by atoms with Gasteiger partial charge in [-0.05, 0) is 59.1 Å². The lowest BCUT2D eigenvalue weighted by molar-refractivity contribution is 0.482. The first-order valence-corrected chi connectivity index (χ1v) is 11.3. The molecule has 0 aliphatic rings. The van der Waals surface area contributed by atoms with Crippen LogP contribution in [0.3, 0.4) is 0 Å². The molecule has 0 saturated carbocycles. The normalized spacial score (nSPS) is 9.93. The molecule has 0 amide bonds. The van der Waals surface area contributed by atoms with Crippen LogP contribution in [0.2, 0.25) is 0 Å². The molecule has 4 aromatic rings. The Balaban J connectivity index is 0.000000162. The van der Waals surface area contributed by atoms with Gasteiger partial charge in [0, 0.05) is 8.95 Å². The van der Waals surface area contributed by atoms with E-state index in [0.717, 1.165) is 29.0 Å². The van der Waals surface area contributed by atoms with Gasteiger partial charge in [-0.1, -0.05) is 101 Å². The lowest BCUT2D eigenvalue weighted by atomic mass is 10.3. The van der Waals surface area contributed by atoms with Crippen molar-refractivity contribution in [2.75, 3.05) is 0 Å². The first-order chi connectivity index (χ1) is 13.7. The van der Waals surface area contributed by atoms with E-state index >= 15 is 0 Å². The van der Waals surface area contributed by atoms with Crippen LogP contribution in [0, 0.1) is 0 Å². The van der Waals surface area contributed by atoms with Gasteiger partial charge in [0.2, 0.25) is 0 Å². The molecule has 4 heteroatoms. The molecule has 0 aliphatic carbocycles. The van der Waals surface area contributed by atoms with E-state index in [1.54, 1.807) is 0 Å². The molecule has 0 fully saturated rings. The molecule has 4 aromatic carbocycles. The molecule has 0 N–H and O–H groups in total. The van der Waals surface area contributed by atoms with Gasteiger partial charge in [0.15, 0.2) is 0 Å². The van der Waals surface area contributed by atoms with E-state index in [0.29, 0.717) is 0 Å². The van der Waals surface area contributed by atoms with E-state index in [4.69, 9.17) is 4.74 Å². The van der Waals surface area contributed by atoms with Crippen molar-refractivity contribution in [2.45, 2.75) is 0 Å². The average Bonchev–Trinajstić information content (AvgIpc) is 2.73. The van der Waals surface area contributed by atoms with Gasteiger partial charge in [-0.2, -0.15) is 0 Å². The standard InChI is InChI=1S/C12H8Br2O.C12H11P/c13-9-1-5-11(6-2-9)15-12-7-3-10(14)4-8-12;1-3-7-11(8-4-1)13-12-9-5-2-6-10-12/h1-8H;1-10,13H. The van der Waals surface area contributed by atoms with E-state index in [-0.39, 0.29) is 0 Å². The van der Waals surface area contributed by atoms with Crippen molar-refractivity contribution < 1.29 is 4.74 Å². The topological polar surface area (TPSA) is 9.23 Å². The first-order valence-electron chi connectivity index (χ1n) is 8.75.